The normalized spacial score (nSPS) is 32.9. The lowest BCUT2D eigenvalue weighted by Crippen LogP contribution is -2.46. The van der Waals surface area contributed by atoms with Gasteiger partial charge in [0.15, 0.2) is 6.10 Å². The highest BCUT2D eigenvalue weighted by Gasteiger charge is 2.47. The number of likely N-dealkylation sites (N-methyl/N-ethyl adjacent to an activating group) is 2. The predicted octanol–water partition coefficient (Wildman–Crippen LogP) is 3.86. The van der Waals surface area contributed by atoms with Gasteiger partial charge in [-0.25, -0.2) is 4.79 Å². The number of aliphatic hydroxyl groups is 3. The van der Waals surface area contributed by atoms with Crippen molar-refractivity contribution in [3.05, 3.63) is 36.0 Å². The molecule has 0 aromatic carbocycles. The molecule has 0 unspecified atom stereocenters. The molecule has 1 saturated heterocycles. The minimum absolute atomic E-state index is 0.00498. The highest BCUT2D eigenvalue weighted by atomic mass is 16.6. The van der Waals surface area contributed by atoms with Gasteiger partial charge in [-0.15, -0.1) is 0 Å². The van der Waals surface area contributed by atoms with E-state index < -0.39 is 47.7 Å². The first-order valence-corrected chi connectivity index (χ1v) is 16.5. The summed E-state index contributed by atoms with van der Waals surface area (Å²) in [6.45, 7) is 12.3. The number of nitrogens with zero attached hydrogens (tertiary/aromatic N) is 2. The molecular weight excluding hydrogens is 592 g/mol. The number of hydrogen-bond donors (Lipinski definition) is 3. The summed E-state index contributed by atoms with van der Waals surface area (Å²) in [6.07, 6.45) is 6.75. The second-order valence-corrected chi connectivity index (χ2v) is 13.9. The summed E-state index contributed by atoms with van der Waals surface area (Å²) in [6, 6.07) is 0. The second kappa shape index (κ2) is 17.8. The van der Waals surface area contributed by atoms with E-state index in [0.717, 1.165) is 5.57 Å². The molecule has 46 heavy (non-hydrogen) atoms. The van der Waals surface area contributed by atoms with Gasteiger partial charge in [-0.3, -0.25) is 4.79 Å². The minimum Gasteiger partial charge on any atom is -0.457 e. The Bertz CT molecular complexity index is 1070. The minimum atomic E-state index is -1.15. The summed E-state index contributed by atoms with van der Waals surface area (Å²) >= 11 is 0. The molecule has 2 heterocycles. The zero-order chi connectivity index (χ0) is 34.8. The van der Waals surface area contributed by atoms with Crippen molar-refractivity contribution in [2.45, 2.75) is 121 Å². The van der Waals surface area contributed by atoms with Crippen molar-refractivity contribution in [1.29, 1.82) is 0 Å². The van der Waals surface area contributed by atoms with Gasteiger partial charge in [0, 0.05) is 45.5 Å². The lowest BCUT2D eigenvalue weighted by Gasteiger charge is -2.36. The Kier molecular flexibility index (Phi) is 15.4. The lowest BCUT2D eigenvalue weighted by molar-refractivity contribution is -0.151. The first kappa shape index (κ1) is 39.9. The van der Waals surface area contributed by atoms with Crippen LogP contribution in [0, 0.1) is 11.8 Å². The number of ether oxygens (including phenoxy) is 4. The fraction of sp³-hybridized carbons (Fsp3) is 0.771. The molecule has 1 amide bonds. The van der Waals surface area contributed by atoms with Crippen LogP contribution < -0.4 is 0 Å². The molecule has 1 fully saturated rings. The quantitative estimate of drug-likeness (QED) is 0.116. The van der Waals surface area contributed by atoms with Gasteiger partial charge >= 0.3 is 12.1 Å². The van der Waals surface area contributed by atoms with Gasteiger partial charge in [-0.2, -0.15) is 0 Å². The Morgan fingerprint density at radius 2 is 1.93 bits per heavy atom. The van der Waals surface area contributed by atoms with Gasteiger partial charge < -0.3 is 44.1 Å². The Morgan fingerprint density at radius 1 is 1.26 bits per heavy atom. The van der Waals surface area contributed by atoms with Gasteiger partial charge in [-0.05, 0) is 65.8 Å². The van der Waals surface area contributed by atoms with Gasteiger partial charge in [-0.1, -0.05) is 45.1 Å². The molecule has 11 nitrogen and oxygen atoms in total. The van der Waals surface area contributed by atoms with Gasteiger partial charge in [0.05, 0.1) is 36.4 Å². The standard InChI is InChI=1S/C35H60N2O9/c1-11-27(39)25(4)32-28(44-32)22-34(5,42)17-12-13-23(2)31-24(3)14-15-29(45-33(41)37(9)20-19-36(7)8)35(6,43-10)18-16-26(38)21-30(40)46-31/h12-15,17,24-29,31-32,38-39,42H,11,16,18-22H2,1-10H3/b15-14+,17-12+,23-13+/t24-,25+,26-,27+,28+,29-,31+,32+,34+,35-/m0/s1. The van der Waals surface area contributed by atoms with Crippen molar-refractivity contribution in [1.82, 2.24) is 9.80 Å². The second-order valence-electron chi connectivity index (χ2n) is 13.9. The Labute approximate surface area is 276 Å². The molecule has 2 rings (SSSR count). The van der Waals surface area contributed by atoms with E-state index in [1.54, 1.807) is 45.4 Å². The molecule has 11 heteroatoms. The van der Waals surface area contributed by atoms with E-state index in [2.05, 4.69) is 0 Å². The average molecular weight is 653 g/mol. The topological polar surface area (TPSA) is 142 Å². The molecule has 10 atom stereocenters. The molecule has 0 bridgehead atoms. The maximum atomic E-state index is 13.0. The number of aliphatic hydroxyl groups excluding tert-OH is 2. The molecule has 0 radical (unpaired) electrons. The van der Waals surface area contributed by atoms with E-state index in [1.165, 1.54) is 4.90 Å². The number of rotatable bonds is 13. The zero-order valence-electron chi connectivity index (χ0n) is 29.6. The molecule has 0 saturated carbocycles. The van der Waals surface area contributed by atoms with E-state index in [9.17, 15) is 24.9 Å². The largest absolute Gasteiger partial charge is 0.457 e. The van der Waals surface area contributed by atoms with E-state index in [1.807, 2.05) is 59.7 Å². The summed E-state index contributed by atoms with van der Waals surface area (Å²) in [5, 5.41) is 31.8. The predicted molar refractivity (Wildman–Crippen MR) is 177 cm³/mol. The van der Waals surface area contributed by atoms with Crippen molar-refractivity contribution in [2.75, 3.05) is 41.3 Å². The zero-order valence-corrected chi connectivity index (χ0v) is 29.6. The number of carbonyl (C=O) groups is 2. The summed E-state index contributed by atoms with van der Waals surface area (Å²) in [5.74, 6) is -0.854. The maximum Gasteiger partial charge on any atom is 0.410 e. The van der Waals surface area contributed by atoms with Crippen molar-refractivity contribution in [3.63, 3.8) is 0 Å². The van der Waals surface area contributed by atoms with Gasteiger partial charge in [0.1, 0.15) is 11.7 Å². The van der Waals surface area contributed by atoms with Crippen LogP contribution in [0.1, 0.15) is 73.6 Å². The Morgan fingerprint density at radius 3 is 2.54 bits per heavy atom. The molecule has 0 aliphatic carbocycles. The molecule has 2 aliphatic rings. The van der Waals surface area contributed by atoms with Crippen LogP contribution in [0.4, 0.5) is 4.79 Å². The number of cyclic esters (lactones) is 1. The Balaban J connectivity index is 2.26. The van der Waals surface area contributed by atoms with E-state index in [0.29, 0.717) is 32.4 Å². The third-order valence-electron chi connectivity index (χ3n) is 9.23. The number of amides is 1. The molecule has 264 valence electrons. The maximum absolute atomic E-state index is 13.0. The number of esters is 1. The first-order chi connectivity index (χ1) is 21.4. The average Bonchev–Trinajstić information content (AvgIpc) is 3.75. The summed E-state index contributed by atoms with van der Waals surface area (Å²) in [5.41, 5.74) is -1.37. The highest BCUT2D eigenvalue weighted by Crippen LogP contribution is 2.37. The number of hydrogen-bond acceptors (Lipinski definition) is 10. The first-order valence-electron chi connectivity index (χ1n) is 16.5. The van der Waals surface area contributed by atoms with E-state index in [-0.39, 0.29) is 36.9 Å². The van der Waals surface area contributed by atoms with Crippen molar-refractivity contribution >= 4 is 12.1 Å². The highest BCUT2D eigenvalue weighted by molar-refractivity contribution is 5.70. The van der Waals surface area contributed by atoms with Crippen LogP contribution in [-0.2, 0) is 23.7 Å². The summed E-state index contributed by atoms with van der Waals surface area (Å²) in [4.78, 5) is 29.4. The van der Waals surface area contributed by atoms with Crippen LogP contribution in [0.15, 0.2) is 36.0 Å². The monoisotopic (exact) mass is 652 g/mol. The summed E-state index contributed by atoms with van der Waals surface area (Å²) in [7, 11) is 7.09. The molecule has 0 aromatic heterocycles. The van der Waals surface area contributed by atoms with Crippen LogP contribution in [0.3, 0.4) is 0 Å². The van der Waals surface area contributed by atoms with Gasteiger partial charge in [0.25, 0.3) is 0 Å². The fourth-order valence-corrected chi connectivity index (χ4v) is 5.65. The Hall–Kier alpha value is -2.28. The van der Waals surface area contributed by atoms with Gasteiger partial charge in [0.2, 0.25) is 0 Å². The molecule has 0 spiro atoms. The molecular formula is C35H60N2O9. The van der Waals surface area contributed by atoms with Crippen molar-refractivity contribution < 1.29 is 43.9 Å². The van der Waals surface area contributed by atoms with Crippen molar-refractivity contribution in [2.24, 2.45) is 11.8 Å². The molecule has 2 aliphatic heterocycles. The number of epoxide rings is 1. The summed E-state index contributed by atoms with van der Waals surface area (Å²) < 4.78 is 23.5. The van der Waals surface area contributed by atoms with Crippen LogP contribution in [-0.4, -0.2) is 126 Å². The van der Waals surface area contributed by atoms with Crippen LogP contribution >= 0.6 is 0 Å². The van der Waals surface area contributed by atoms with E-state index >= 15 is 0 Å². The number of carbonyl (C=O) groups excluding carboxylic acids is 2. The molecule has 0 aromatic rings. The number of allylic oxidation sites excluding steroid dienone is 2. The lowest BCUT2D eigenvalue weighted by atomic mass is 9.88. The van der Waals surface area contributed by atoms with Crippen LogP contribution in [0.25, 0.3) is 0 Å². The van der Waals surface area contributed by atoms with E-state index in [4.69, 9.17) is 18.9 Å². The smallest absolute Gasteiger partial charge is 0.410 e. The third-order valence-corrected chi connectivity index (χ3v) is 9.23. The number of methoxy groups -OCH3 is 1. The SMILES string of the molecule is CC[C@@H](O)[C@@H](C)[C@H]1O[C@@H]1C[C@](C)(O)/C=C/C=C(\C)[C@H]1OC(=O)C[C@@H](O)CC[C@](C)(OC)[C@@H](OC(=O)N(C)CCN(C)C)/C=C/[C@@H]1C. The van der Waals surface area contributed by atoms with Crippen molar-refractivity contribution in [3.8, 4) is 0 Å². The fourth-order valence-electron chi connectivity index (χ4n) is 5.65. The van der Waals surface area contributed by atoms with Crippen LogP contribution in [0.5, 0.6) is 0 Å². The van der Waals surface area contributed by atoms with Crippen LogP contribution in [0.2, 0.25) is 0 Å². The third kappa shape index (κ3) is 12.4. The molecule has 3 N–H and O–H groups in total.